The van der Waals surface area contributed by atoms with E-state index in [1.807, 2.05) is 6.92 Å². The van der Waals surface area contributed by atoms with Crippen molar-refractivity contribution in [3.05, 3.63) is 33.7 Å². The fraction of sp³-hybridized carbons (Fsp3) is 0.500. The van der Waals surface area contributed by atoms with Crippen molar-refractivity contribution in [2.75, 3.05) is 11.9 Å². The Morgan fingerprint density at radius 1 is 1.72 bits per heavy atom. The summed E-state index contributed by atoms with van der Waals surface area (Å²) in [5.74, 6) is 0. The Morgan fingerprint density at radius 2 is 2.44 bits per heavy atom. The Hall–Kier alpha value is -1.14. The molecule has 0 aliphatic heterocycles. The zero-order valence-electron chi connectivity index (χ0n) is 10.4. The van der Waals surface area contributed by atoms with Crippen molar-refractivity contribution in [2.24, 2.45) is 0 Å². The first-order chi connectivity index (χ1) is 8.60. The van der Waals surface area contributed by atoms with Gasteiger partial charge >= 0.3 is 0 Å². The molecular formula is C12H18BrN3O2. The van der Waals surface area contributed by atoms with Gasteiger partial charge in [-0.2, -0.15) is 5.10 Å². The summed E-state index contributed by atoms with van der Waals surface area (Å²) in [6.07, 6.45) is 4.25. The summed E-state index contributed by atoms with van der Waals surface area (Å²) in [6, 6.07) is 0. The zero-order valence-corrected chi connectivity index (χ0v) is 12.0. The highest BCUT2D eigenvalue weighted by Crippen LogP contribution is 2.16. The third kappa shape index (κ3) is 3.96. The molecule has 1 atom stereocenters. The average molecular weight is 316 g/mol. The minimum Gasteiger partial charge on any atom is -0.393 e. The van der Waals surface area contributed by atoms with Gasteiger partial charge in [0, 0.05) is 6.54 Å². The fourth-order valence-electron chi connectivity index (χ4n) is 1.42. The normalized spacial score (nSPS) is 12.2. The molecule has 1 rings (SSSR count). The number of rotatable bonds is 7. The smallest absolute Gasteiger partial charge is 0.283 e. The SMILES string of the molecule is C=CCn1ncc(NCCC(O)CC)c(Br)c1=O. The highest BCUT2D eigenvalue weighted by molar-refractivity contribution is 9.10. The second kappa shape index (κ2) is 7.33. The molecule has 100 valence electrons. The molecule has 1 unspecified atom stereocenters. The summed E-state index contributed by atoms with van der Waals surface area (Å²) in [5, 5.41) is 16.5. The lowest BCUT2D eigenvalue weighted by Gasteiger charge is -2.11. The van der Waals surface area contributed by atoms with Crippen LogP contribution in [0.3, 0.4) is 0 Å². The number of nitrogens with one attached hydrogen (secondary N) is 1. The molecule has 0 bridgehead atoms. The second-order valence-electron chi connectivity index (χ2n) is 3.93. The number of hydrogen-bond acceptors (Lipinski definition) is 4. The lowest BCUT2D eigenvalue weighted by atomic mass is 10.2. The van der Waals surface area contributed by atoms with Crippen LogP contribution in [0.1, 0.15) is 19.8 Å². The van der Waals surface area contributed by atoms with E-state index in [0.29, 0.717) is 29.7 Å². The first kappa shape index (κ1) is 14.9. The van der Waals surface area contributed by atoms with Gasteiger partial charge in [0.1, 0.15) is 4.47 Å². The van der Waals surface area contributed by atoms with Gasteiger partial charge in [-0.15, -0.1) is 6.58 Å². The lowest BCUT2D eigenvalue weighted by molar-refractivity contribution is 0.164. The number of aliphatic hydroxyl groups excluding tert-OH is 1. The summed E-state index contributed by atoms with van der Waals surface area (Å²) < 4.78 is 1.77. The molecule has 18 heavy (non-hydrogen) atoms. The molecule has 0 radical (unpaired) electrons. The predicted molar refractivity (Wildman–Crippen MR) is 75.8 cm³/mol. The van der Waals surface area contributed by atoms with Crippen LogP contribution >= 0.6 is 15.9 Å². The van der Waals surface area contributed by atoms with Gasteiger partial charge in [0.2, 0.25) is 0 Å². The summed E-state index contributed by atoms with van der Waals surface area (Å²) in [6.45, 7) is 6.48. The van der Waals surface area contributed by atoms with Gasteiger partial charge in [-0.1, -0.05) is 13.0 Å². The van der Waals surface area contributed by atoms with Gasteiger partial charge in [0.15, 0.2) is 0 Å². The van der Waals surface area contributed by atoms with Crippen LogP contribution in [0.25, 0.3) is 0 Å². The van der Waals surface area contributed by atoms with Gasteiger partial charge < -0.3 is 10.4 Å². The summed E-state index contributed by atoms with van der Waals surface area (Å²) in [7, 11) is 0. The second-order valence-corrected chi connectivity index (χ2v) is 4.72. The maximum absolute atomic E-state index is 11.8. The number of hydrogen-bond donors (Lipinski definition) is 2. The fourth-order valence-corrected chi connectivity index (χ4v) is 1.87. The molecule has 1 aromatic heterocycles. The molecule has 1 aromatic rings. The third-order valence-electron chi connectivity index (χ3n) is 2.55. The van der Waals surface area contributed by atoms with E-state index in [4.69, 9.17) is 0 Å². The third-order valence-corrected chi connectivity index (χ3v) is 3.32. The number of aromatic nitrogens is 2. The Morgan fingerprint density at radius 3 is 3.06 bits per heavy atom. The topological polar surface area (TPSA) is 67.2 Å². The quantitative estimate of drug-likeness (QED) is 0.752. The number of nitrogens with zero attached hydrogens (tertiary/aromatic N) is 2. The number of halogens is 1. The molecule has 0 amide bonds. The Labute approximate surface area is 115 Å². The van der Waals surface area contributed by atoms with E-state index < -0.39 is 0 Å². The highest BCUT2D eigenvalue weighted by atomic mass is 79.9. The molecule has 0 aliphatic rings. The van der Waals surface area contributed by atoms with Crippen LogP contribution in [0, 0.1) is 0 Å². The predicted octanol–water partition coefficient (Wildman–Crippen LogP) is 1.76. The van der Waals surface area contributed by atoms with Crippen LogP contribution < -0.4 is 10.9 Å². The van der Waals surface area contributed by atoms with Crippen molar-refractivity contribution in [3.63, 3.8) is 0 Å². The molecule has 5 nitrogen and oxygen atoms in total. The Kier molecular flexibility index (Phi) is 6.07. The standard InChI is InChI=1S/C12H18BrN3O2/c1-3-7-16-12(18)11(13)10(8-15-16)14-6-5-9(17)4-2/h3,8-9,14,17H,1,4-7H2,2H3. The van der Waals surface area contributed by atoms with Gasteiger partial charge in [-0.3, -0.25) is 4.79 Å². The van der Waals surface area contributed by atoms with Crippen LogP contribution in [-0.4, -0.2) is 27.5 Å². The van der Waals surface area contributed by atoms with E-state index in [1.165, 1.54) is 4.68 Å². The number of aliphatic hydroxyl groups is 1. The molecule has 0 saturated heterocycles. The molecule has 0 aromatic carbocycles. The van der Waals surface area contributed by atoms with Crippen molar-refractivity contribution in [3.8, 4) is 0 Å². The van der Waals surface area contributed by atoms with E-state index in [2.05, 4.69) is 32.9 Å². The summed E-state index contributed by atoms with van der Waals surface area (Å²) >= 11 is 3.25. The van der Waals surface area contributed by atoms with Crippen LogP contribution in [0.4, 0.5) is 5.69 Å². The highest BCUT2D eigenvalue weighted by Gasteiger charge is 2.08. The van der Waals surface area contributed by atoms with Crippen LogP contribution in [0.2, 0.25) is 0 Å². The van der Waals surface area contributed by atoms with Crippen LogP contribution in [-0.2, 0) is 6.54 Å². The van der Waals surface area contributed by atoms with E-state index in [0.717, 1.165) is 6.42 Å². The minimum absolute atomic E-state index is 0.198. The monoisotopic (exact) mass is 315 g/mol. The van der Waals surface area contributed by atoms with Crippen molar-refractivity contribution in [1.29, 1.82) is 0 Å². The molecule has 6 heteroatoms. The lowest BCUT2D eigenvalue weighted by Crippen LogP contribution is -2.24. The maximum Gasteiger partial charge on any atom is 0.283 e. The first-order valence-electron chi connectivity index (χ1n) is 5.88. The molecule has 0 aliphatic carbocycles. The van der Waals surface area contributed by atoms with Gasteiger partial charge in [-0.25, -0.2) is 4.68 Å². The van der Waals surface area contributed by atoms with E-state index in [9.17, 15) is 9.90 Å². The molecule has 0 saturated carbocycles. The van der Waals surface area contributed by atoms with Crippen molar-refractivity contribution >= 4 is 21.6 Å². The Bertz CT molecular complexity index is 459. The van der Waals surface area contributed by atoms with Gasteiger partial charge in [-0.05, 0) is 28.8 Å². The van der Waals surface area contributed by atoms with E-state index >= 15 is 0 Å². The number of anilines is 1. The van der Waals surface area contributed by atoms with Crippen molar-refractivity contribution < 1.29 is 5.11 Å². The molecule has 2 N–H and O–H groups in total. The number of allylic oxidation sites excluding steroid dienone is 1. The van der Waals surface area contributed by atoms with Gasteiger partial charge in [0.05, 0.1) is 24.5 Å². The minimum atomic E-state index is -0.314. The molecule has 0 spiro atoms. The Balaban J connectivity index is 2.70. The largest absolute Gasteiger partial charge is 0.393 e. The summed E-state index contributed by atoms with van der Waals surface area (Å²) in [5.41, 5.74) is 0.444. The molecule has 0 fully saturated rings. The van der Waals surface area contributed by atoms with Gasteiger partial charge in [0.25, 0.3) is 5.56 Å². The maximum atomic E-state index is 11.8. The summed E-state index contributed by atoms with van der Waals surface area (Å²) in [4.78, 5) is 11.8. The van der Waals surface area contributed by atoms with Crippen LogP contribution in [0.15, 0.2) is 28.1 Å². The van der Waals surface area contributed by atoms with Crippen molar-refractivity contribution in [1.82, 2.24) is 9.78 Å². The zero-order chi connectivity index (χ0) is 13.5. The molecule has 1 heterocycles. The van der Waals surface area contributed by atoms with E-state index in [1.54, 1.807) is 12.3 Å². The van der Waals surface area contributed by atoms with Crippen LogP contribution in [0.5, 0.6) is 0 Å². The van der Waals surface area contributed by atoms with Crippen molar-refractivity contribution in [2.45, 2.75) is 32.4 Å². The molecular weight excluding hydrogens is 298 g/mol. The average Bonchev–Trinajstić information content (AvgIpc) is 2.37. The van der Waals surface area contributed by atoms with E-state index in [-0.39, 0.29) is 11.7 Å². The first-order valence-corrected chi connectivity index (χ1v) is 6.67.